The van der Waals surface area contributed by atoms with Crippen molar-refractivity contribution in [3.63, 3.8) is 0 Å². The summed E-state index contributed by atoms with van der Waals surface area (Å²) in [6.45, 7) is 5.68. The molecule has 1 fully saturated rings. The van der Waals surface area contributed by atoms with E-state index in [1.165, 1.54) is 4.90 Å². The molecular weight excluding hydrogens is 210 g/mol. The second kappa shape index (κ2) is 3.37. The van der Waals surface area contributed by atoms with E-state index in [1.54, 1.807) is 17.8 Å². The van der Waals surface area contributed by atoms with Gasteiger partial charge in [0.15, 0.2) is 0 Å². The first-order chi connectivity index (χ1) is 6.91. The quantitative estimate of drug-likeness (QED) is 0.590. The van der Waals surface area contributed by atoms with E-state index in [2.05, 4.69) is 0 Å². The number of amides is 2. The summed E-state index contributed by atoms with van der Waals surface area (Å²) in [5, 5.41) is 0. The lowest BCUT2D eigenvalue weighted by atomic mass is 9.95. The van der Waals surface area contributed by atoms with Gasteiger partial charge in [-0.05, 0) is 32.9 Å². The zero-order chi connectivity index (χ0) is 11.2. The van der Waals surface area contributed by atoms with E-state index in [0.717, 1.165) is 17.1 Å². The van der Waals surface area contributed by atoms with E-state index in [-0.39, 0.29) is 17.7 Å². The van der Waals surface area contributed by atoms with Gasteiger partial charge in [0.1, 0.15) is 0 Å². The second-order valence-electron chi connectivity index (χ2n) is 4.92. The fraction of sp³-hybridized carbons (Fsp3) is 0.636. The van der Waals surface area contributed by atoms with Gasteiger partial charge in [0.05, 0.1) is 5.92 Å². The van der Waals surface area contributed by atoms with Crippen molar-refractivity contribution >= 4 is 23.6 Å². The van der Waals surface area contributed by atoms with Crippen LogP contribution in [0, 0.1) is 5.92 Å². The number of hydrogen-bond acceptors (Lipinski definition) is 3. The van der Waals surface area contributed by atoms with Gasteiger partial charge < -0.3 is 0 Å². The summed E-state index contributed by atoms with van der Waals surface area (Å²) >= 11 is 1.64. The fourth-order valence-electron chi connectivity index (χ4n) is 2.04. The maximum absolute atomic E-state index is 12.1. The van der Waals surface area contributed by atoms with Crippen LogP contribution in [-0.4, -0.2) is 28.0 Å². The summed E-state index contributed by atoms with van der Waals surface area (Å²) in [5.41, 5.74) is -0.413. The van der Waals surface area contributed by atoms with Crippen LogP contribution in [0.25, 0.3) is 0 Å². The van der Waals surface area contributed by atoms with Crippen molar-refractivity contribution in [2.24, 2.45) is 5.92 Å². The minimum atomic E-state index is -0.413. The van der Waals surface area contributed by atoms with Crippen molar-refractivity contribution in [1.29, 1.82) is 0 Å². The average molecular weight is 225 g/mol. The standard InChI is InChI=1S/C11H15NO2S/c1-11(2,3)12-9(13)6-8-7(10(12)14)4-5-15-8/h6-7H,4-5H2,1-3H3. The summed E-state index contributed by atoms with van der Waals surface area (Å²) in [5.74, 6) is 0.725. The number of fused-ring (bicyclic) bond motifs is 1. The average Bonchev–Trinajstić information content (AvgIpc) is 2.48. The molecule has 82 valence electrons. The normalized spacial score (nSPS) is 26.7. The minimum absolute atomic E-state index is 0.0185. The lowest BCUT2D eigenvalue weighted by Gasteiger charge is -2.37. The summed E-state index contributed by atoms with van der Waals surface area (Å²) in [6.07, 6.45) is 2.50. The van der Waals surface area contributed by atoms with Crippen LogP contribution in [0.2, 0.25) is 0 Å². The highest BCUT2D eigenvalue weighted by Crippen LogP contribution is 2.41. The zero-order valence-corrected chi connectivity index (χ0v) is 10.1. The van der Waals surface area contributed by atoms with Crippen LogP contribution in [0.1, 0.15) is 27.2 Å². The van der Waals surface area contributed by atoms with E-state index in [4.69, 9.17) is 0 Å². The number of hydrogen-bond donors (Lipinski definition) is 0. The lowest BCUT2D eigenvalue weighted by Crippen LogP contribution is -2.53. The highest BCUT2D eigenvalue weighted by atomic mass is 32.2. The van der Waals surface area contributed by atoms with E-state index in [9.17, 15) is 9.59 Å². The predicted molar refractivity (Wildman–Crippen MR) is 60.3 cm³/mol. The third-order valence-corrected chi connectivity index (χ3v) is 3.87. The number of carbonyl (C=O) groups is 2. The van der Waals surface area contributed by atoms with Gasteiger partial charge in [0, 0.05) is 16.5 Å². The van der Waals surface area contributed by atoms with Gasteiger partial charge in [0.25, 0.3) is 5.91 Å². The molecule has 0 aromatic carbocycles. The Morgan fingerprint density at radius 2 is 2.07 bits per heavy atom. The maximum Gasteiger partial charge on any atom is 0.254 e. The van der Waals surface area contributed by atoms with Crippen molar-refractivity contribution in [3.8, 4) is 0 Å². The molecule has 0 saturated carbocycles. The summed E-state index contributed by atoms with van der Waals surface area (Å²) < 4.78 is 0. The molecule has 0 radical (unpaired) electrons. The van der Waals surface area contributed by atoms with Crippen LogP contribution in [0.3, 0.4) is 0 Å². The van der Waals surface area contributed by atoms with Crippen molar-refractivity contribution in [1.82, 2.24) is 4.90 Å². The van der Waals surface area contributed by atoms with Crippen LogP contribution in [-0.2, 0) is 9.59 Å². The van der Waals surface area contributed by atoms with Crippen molar-refractivity contribution in [3.05, 3.63) is 11.0 Å². The molecule has 0 aliphatic carbocycles. The monoisotopic (exact) mass is 225 g/mol. The molecule has 15 heavy (non-hydrogen) atoms. The van der Waals surface area contributed by atoms with Crippen molar-refractivity contribution in [2.75, 3.05) is 5.75 Å². The Bertz CT molecular complexity index is 354. The van der Waals surface area contributed by atoms with Gasteiger partial charge in [-0.15, -0.1) is 11.8 Å². The lowest BCUT2D eigenvalue weighted by molar-refractivity contribution is -0.150. The van der Waals surface area contributed by atoms with Gasteiger partial charge in [-0.1, -0.05) is 0 Å². The van der Waals surface area contributed by atoms with Crippen LogP contribution in [0.15, 0.2) is 11.0 Å². The number of imide groups is 1. The molecule has 4 heteroatoms. The van der Waals surface area contributed by atoms with Crippen molar-refractivity contribution in [2.45, 2.75) is 32.7 Å². The number of nitrogens with zero attached hydrogens (tertiary/aromatic N) is 1. The van der Waals surface area contributed by atoms with Crippen LogP contribution >= 0.6 is 11.8 Å². The summed E-state index contributed by atoms with van der Waals surface area (Å²) in [6, 6.07) is 0. The topological polar surface area (TPSA) is 37.4 Å². The smallest absolute Gasteiger partial charge is 0.254 e. The molecule has 0 spiro atoms. The number of thioether (sulfide) groups is 1. The number of rotatable bonds is 0. The highest BCUT2D eigenvalue weighted by molar-refractivity contribution is 8.03. The van der Waals surface area contributed by atoms with Crippen LogP contribution in [0.5, 0.6) is 0 Å². The molecule has 1 atom stereocenters. The zero-order valence-electron chi connectivity index (χ0n) is 9.24. The fourth-order valence-corrected chi connectivity index (χ4v) is 3.23. The molecule has 0 aromatic rings. The molecule has 0 aromatic heterocycles. The molecule has 3 nitrogen and oxygen atoms in total. The predicted octanol–water partition coefficient (Wildman–Crippen LogP) is 1.79. The Hall–Kier alpha value is -0.770. The van der Waals surface area contributed by atoms with Gasteiger partial charge in [-0.2, -0.15) is 0 Å². The molecule has 2 heterocycles. The largest absolute Gasteiger partial charge is 0.274 e. The van der Waals surface area contributed by atoms with Gasteiger partial charge in [0.2, 0.25) is 5.91 Å². The molecule has 1 saturated heterocycles. The molecule has 2 aliphatic heterocycles. The molecule has 2 rings (SSSR count). The minimum Gasteiger partial charge on any atom is -0.274 e. The third-order valence-electron chi connectivity index (χ3n) is 2.69. The van der Waals surface area contributed by atoms with Gasteiger partial charge >= 0.3 is 0 Å². The number of carbonyl (C=O) groups excluding carboxylic acids is 2. The summed E-state index contributed by atoms with van der Waals surface area (Å²) in [7, 11) is 0. The Labute approximate surface area is 93.9 Å². The Morgan fingerprint density at radius 3 is 2.67 bits per heavy atom. The Morgan fingerprint density at radius 1 is 1.40 bits per heavy atom. The Balaban J connectivity index is 2.38. The van der Waals surface area contributed by atoms with Gasteiger partial charge in [-0.3, -0.25) is 14.5 Å². The second-order valence-corrected chi connectivity index (χ2v) is 6.09. The van der Waals surface area contributed by atoms with E-state index >= 15 is 0 Å². The first kappa shape index (κ1) is 10.7. The van der Waals surface area contributed by atoms with E-state index in [1.807, 2.05) is 20.8 Å². The Kier molecular flexibility index (Phi) is 2.41. The van der Waals surface area contributed by atoms with Gasteiger partial charge in [-0.25, -0.2) is 0 Å². The van der Waals surface area contributed by atoms with Crippen LogP contribution < -0.4 is 0 Å². The van der Waals surface area contributed by atoms with Crippen molar-refractivity contribution < 1.29 is 9.59 Å². The first-order valence-corrected chi connectivity index (χ1v) is 6.12. The molecule has 2 aliphatic rings. The molecule has 1 unspecified atom stereocenters. The molecule has 2 amide bonds. The highest BCUT2D eigenvalue weighted by Gasteiger charge is 2.42. The molecular formula is C11H15NO2S. The summed E-state index contributed by atoms with van der Waals surface area (Å²) in [4.78, 5) is 26.3. The van der Waals surface area contributed by atoms with E-state index in [0.29, 0.717) is 0 Å². The SMILES string of the molecule is CC(C)(C)N1C(=O)C=C2SCCC2C1=O. The first-order valence-electron chi connectivity index (χ1n) is 5.13. The van der Waals surface area contributed by atoms with Crippen LogP contribution in [0.4, 0.5) is 0 Å². The van der Waals surface area contributed by atoms with E-state index < -0.39 is 5.54 Å². The third kappa shape index (κ3) is 1.71. The molecule has 0 bridgehead atoms. The maximum atomic E-state index is 12.1. The molecule has 0 N–H and O–H groups in total.